The van der Waals surface area contributed by atoms with Crippen LogP contribution < -0.4 is 9.47 Å². The molecule has 0 aliphatic carbocycles. The standard InChI is InChI=1S/C25H35ClN2O5S/c1-19-10-15-34-23(19)17-27(12-9-20-7-8-21(32-3)22(16-20)33-4)25(30)18-28(13-14-31-2)24(29)6-5-11-26/h7-8,10,15-16H,5-6,9,11-14,17-18H2,1-4H3. The van der Waals surface area contributed by atoms with Crippen LogP contribution in [0.4, 0.5) is 0 Å². The topological polar surface area (TPSA) is 68.3 Å². The lowest BCUT2D eigenvalue weighted by Crippen LogP contribution is -2.44. The zero-order chi connectivity index (χ0) is 24.9. The number of alkyl halides is 1. The molecule has 0 saturated carbocycles. The van der Waals surface area contributed by atoms with E-state index >= 15 is 0 Å². The van der Waals surface area contributed by atoms with Crippen LogP contribution >= 0.6 is 22.9 Å². The van der Waals surface area contributed by atoms with Gasteiger partial charge in [-0.1, -0.05) is 6.07 Å². The number of rotatable bonds is 15. The molecule has 0 bridgehead atoms. The molecule has 0 unspecified atom stereocenters. The highest BCUT2D eigenvalue weighted by atomic mass is 35.5. The summed E-state index contributed by atoms with van der Waals surface area (Å²) in [7, 11) is 4.79. The minimum atomic E-state index is -0.0939. The van der Waals surface area contributed by atoms with Crippen molar-refractivity contribution in [2.24, 2.45) is 0 Å². The van der Waals surface area contributed by atoms with Crippen molar-refractivity contribution >= 4 is 34.8 Å². The van der Waals surface area contributed by atoms with Gasteiger partial charge in [0.15, 0.2) is 11.5 Å². The van der Waals surface area contributed by atoms with Crippen molar-refractivity contribution in [1.29, 1.82) is 0 Å². The van der Waals surface area contributed by atoms with Crippen molar-refractivity contribution in [3.63, 3.8) is 0 Å². The Morgan fingerprint density at radius 1 is 1.00 bits per heavy atom. The van der Waals surface area contributed by atoms with E-state index in [4.69, 9.17) is 25.8 Å². The number of halogens is 1. The minimum absolute atomic E-state index is 0.0147. The largest absolute Gasteiger partial charge is 0.493 e. The lowest BCUT2D eigenvalue weighted by molar-refractivity contribution is -0.141. The van der Waals surface area contributed by atoms with E-state index in [1.165, 1.54) is 0 Å². The summed E-state index contributed by atoms with van der Waals surface area (Å²) in [5.74, 6) is 1.55. The summed E-state index contributed by atoms with van der Waals surface area (Å²) in [4.78, 5) is 30.6. The normalized spacial score (nSPS) is 10.7. The summed E-state index contributed by atoms with van der Waals surface area (Å²) >= 11 is 7.39. The maximum absolute atomic E-state index is 13.4. The van der Waals surface area contributed by atoms with Crippen LogP contribution in [0.1, 0.15) is 28.8 Å². The molecule has 0 fully saturated rings. The van der Waals surface area contributed by atoms with Gasteiger partial charge in [0.05, 0.1) is 33.9 Å². The first-order valence-electron chi connectivity index (χ1n) is 11.3. The number of thiophene rings is 1. The van der Waals surface area contributed by atoms with Gasteiger partial charge < -0.3 is 24.0 Å². The number of methoxy groups -OCH3 is 3. The first-order valence-corrected chi connectivity index (χ1v) is 12.7. The molecule has 2 amide bonds. The number of carbonyl (C=O) groups excluding carboxylic acids is 2. The highest BCUT2D eigenvalue weighted by Crippen LogP contribution is 2.28. The van der Waals surface area contributed by atoms with E-state index in [0.717, 1.165) is 16.0 Å². The lowest BCUT2D eigenvalue weighted by Gasteiger charge is -2.28. The summed E-state index contributed by atoms with van der Waals surface area (Å²) in [6.07, 6.45) is 1.54. The summed E-state index contributed by atoms with van der Waals surface area (Å²) < 4.78 is 15.9. The first kappa shape index (κ1) is 28.0. The molecule has 1 aromatic carbocycles. The van der Waals surface area contributed by atoms with Crippen LogP contribution in [0, 0.1) is 6.92 Å². The van der Waals surface area contributed by atoms with Gasteiger partial charge in [-0.25, -0.2) is 0 Å². The molecule has 0 spiro atoms. The summed E-state index contributed by atoms with van der Waals surface area (Å²) in [6.45, 7) is 3.81. The van der Waals surface area contributed by atoms with Gasteiger partial charge in [0.25, 0.3) is 0 Å². The molecule has 1 heterocycles. The Hall–Kier alpha value is -2.29. The van der Waals surface area contributed by atoms with Gasteiger partial charge in [-0.2, -0.15) is 0 Å². The Labute approximate surface area is 211 Å². The van der Waals surface area contributed by atoms with E-state index in [1.54, 1.807) is 37.6 Å². The number of nitrogens with zero attached hydrogens (tertiary/aromatic N) is 2. The van der Waals surface area contributed by atoms with Gasteiger partial charge in [0, 0.05) is 37.4 Å². The highest BCUT2D eigenvalue weighted by molar-refractivity contribution is 7.10. The number of hydrogen-bond donors (Lipinski definition) is 0. The molecular formula is C25H35ClN2O5S. The molecule has 0 saturated heterocycles. The van der Waals surface area contributed by atoms with Crippen LogP contribution in [0.15, 0.2) is 29.6 Å². The second kappa shape index (κ2) is 14.9. The molecule has 7 nitrogen and oxygen atoms in total. The lowest BCUT2D eigenvalue weighted by atomic mass is 10.1. The van der Waals surface area contributed by atoms with E-state index < -0.39 is 0 Å². The van der Waals surface area contributed by atoms with E-state index in [1.807, 2.05) is 35.4 Å². The van der Waals surface area contributed by atoms with Crippen molar-refractivity contribution in [3.8, 4) is 11.5 Å². The fourth-order valence-electron chi connectivity index (χ4n) is 3.46. The van der Waals surface area contributed by atoms with Gasteiger partial charge in [0.1, 0.15) is 0 Å². The molecule has 0 aliphatic heterocycles. The number of hydrogen-bond acceptors (Lipinski definition) is 6. The predicted molar refractivity (Wildman–Crippen MR) is 136 cm³/mol. The van der Waals surface area contributed by atoms with Gasteiger partial charge in [-0.15, -0.1) is 22.9 Å². The van der Waals surface area contributed by atoms with E-state index in [-0.39, 0.29) is 18.4 Å². The van der Waals surface area contributed by atoms with Crippen molar-refractivity contribution in [2.45, 2.75) is 32.7 Å². The Bertz CT molecular complexity index is 920. The fourth-order valence-corrected chi connectivity index (χ4v) is 4.52. The number of ether oxygens (including phenoxy) is 3. The molecular weight excluding hydrogens is 476 g/mol. The Morgan fingerprint density at radius 3 is 2.38 bits per heavy atom. The average Bonchev–Trinajstić information content (AvgIpc) is 3.26. The van der Waals surface area contributed by atoms with Gasteiger partial charge in [0.2, 0.25) is 11.8 Å². The molecule has 188 valence electrons. The van der Waals surface area contributed by atoms with Gasteiger partial charge in [-0.3, -0.25) is 9.59 Å². The van der Waals surface area contributed by atoms with E-state index in [2.05, 4.69) is 6.07 Å². The molecule has 1 aromatic heterocycles. The highest BCUT2D eigenvalue weighted by Gasteiger charge is 2.22. The smallest absolute Gasteiger partial charge is 0.242 e. The molecule has 2 aromatic rings. The monoisotopic (exact) mass is 510 g/mol. The summed E-state index contributed by atoms with van der Waals surface area (Å²) in [5.41, 5.74) is 2.19. The Morgan fingerprint density at radius 2 is 1.76 bits per heavy atom. The molecule has 34 heavy (non-hydrogen) atoms. The van der Waals surface area contributed by atoms with Crippen molar-refractivity contribution in [3.05, 3.63) is 45.6 Å². The average molecular weight is 511 g/mol. The van der Waals surface area contributed by atoms with E-state index in [9.17, 15) is 9.59 Å². The zero-order valence-electron chi connectivity index (χ0n) is 20.5. The molecule has 0 aliphatic rings. The maximum atomic E-state index is 13.4. The van der Waals surface area contributed by atoms with E-state index in [0.29, 0.717) is 62.9 Å². The third kappa shape index (κ3) is 8.49. The Kier molecular flexibility index (Phi) is 12.2. The van der Waals surface area contributed by atoms with Crippen LogP contribution in [-0.4, -0.2) is 75.1 Å². The fraction of sp³-hybridized carbons (Fsp3) is 0.520. The van der Waals surface area contributed by atoms with Crippen molar-refractivity contribution < 1.29 is 23.8 Å². The van der Waals surface area contributed by atoms with Crippen LogP contribution in [-0.2, 0) is 27.3 Å². The van der Waals surface area contributed by atoms with Crippen molar-refractivity contribution in [1.82, 2.24) is 9.80 Å². The van der Waals surface area contributed by atoms with Crippen LogP contribution in [0.3, 0.4) is 0 Å². The summed E-state index contributed by atoms with van der Waals surface area (Å²) in [6, 6.07) is 7.82. The molecule has 0 N–H and O–H groups in total. The molecule has 0 radical (unpaired) electrons. The first-order chi connectivity index (χ1) is 16.4. The van der Waals surface area contributed by atoms with Crippen LogP contribution in [0.2, 0.25) is 0 Å². The maximum Gasteiger partial charge on any atom is 0.242 e. The van der Waals surface area contributed by atoms with Gasteiger partial charge >= 0.3 is 0 Å². The quantitative estimate of drug-likeness (QED) is 0.337. The van der Waals surface area contributed by atoms with Crippen molar-refractivity contribution in [2.75, 3.05) is 53.5 Å². The molecule has 9 heteroatoms. The predicted octanol–water partition coefficient (Wildman–Crippen LogP) is 4.14. The van der Waals surface area contributed by atoms with Gasteiger partial charge in [-0.05, 0) is 54.5 Å². The Balaban J connectivity index is 2.17. The number of benzene rings is 1. The third-order valence-corrected chi connectivity index (χ3v) is 6.82. The second-order valence-electron chi connectivity index (χ2n) is 7.88. The number of carbonyl (C=O) groups is 2. The SMILES string of the molecule is COCCN(CC(=O)N(CCc1ccc(OC)c(OC)c1)Cc1sccc1C)C(=O)CCCCl. The number of aryl methyl sites for hydroxylation is 1. The number of amides is 2. The third-order valence-electron chi connectivity index (χ3n) is 5.54. The summed E-state index contributed by atoms with van der Waals surface area (Å²) in [5, 5.41) is 2.03. The molecule has 2 rings (SSSR count). The molecule has 0 atom stereocenters. The zero-order valence-corrected chi connectivity index (χ0v) is 22.0. The van der Waals surface area contributed by atoms with Crippen LogP contribution in [0.25, 0.3) is 0 Å². The second-order valence-corrected chi connectivity index (χ2v) is 9.26. The minimum Gasteiger partial charge on any atom is -0.493 e. The van der Waals surface area contributed by atoms with Crippen LogP contribution in [0.5, 0.6) is 11.5 Å².